The predicted molar refractivity (Wildman–Crippen MR) is 83.3 cm³/mol. The second-order valence-corrected chi connectivity index (χ2v) is 6.50. The molecule has 0 aromatic carbocycles. The summed E-state index contributed by atoms with van der Waals surface area (Å²) < 4.78 is 15.7. The van der Waals surface area contributed by atoms with Gasteiger partial charge in [0, 0.05) is 27.8 Å². The van der Waals surface area contributed by atoms with Crippen LogP contribution in [-0.2, 0) is 14.2 Å². The number of rotatable bonds is 8. The Morgan fingerprint density at radius 3 is 2.14 bits per heavy atom. The fraction of sp³-hybridized carbons (Fsp3) is 0.933. The molecule has 0 bridgehead atoms. The average molecular weight is 304 g/mol. The van der Waals surface area contributed by atoms with E-state index in [2.05, 4.69) is 12.2 Å². The molecule has 0 fully saturated rings. The minimum absolute atomic E-state index is 0.0780. The Hall–Kier alpha value is -0.850. The molecule has 0 rings (SSSR count). The van der Waals surface area contributed by atoms with E-state index in [1.165, 1.54) is 0 Å². The van der Waals surface area contributed by atoms with E-state index < -0.39 is 5.60 Å². The van der Waals surface area contributed by atoms with Crippen molar-refractivity contribution in [1.82, 2.24) is 10.2 Å². The van der Waals surface area contributed by atoms with Crippen LogP contribution < -0.4 is 5.32 Å². The number of carbonyl (C=O) groups excluding carboxylic acids is 1. The standard InChI is InChI=1S/C15H32N2O4/c1-11(9-16-12(2)13(19-7)20-8)10-17(6)14(18)21-15(3,4)5/h11-13,16H,9-10H2,1-8H3. The maximum absolute atomic E-state index is 11.9. The number of carbonyl (C=O) groups is 1. The van der Waals surface area contributed by atoms with Crippen molar-refractivity contribution in [2.75, 3.05) is 34.4 Å². The Bertz CT molecular complexity index is 301. The number of nitrogens with one attached hydrogen (secondary N) is 1. The first-order chi connectivity index (χ1) is 9.60. The average Bonchev–Trinajstić information content (AvgIpc) is 2.35. The molecule has 1 amide bonds. The van der Waals surface area contributed by atoms with Gasteiger partial charge < -0.3 is 24.4 Å². The third-order valence-electron chi connectivity index (χ3n) is 2.95. The van der Waals surface area contributed by atoms with Crippen molar-refractivity contribution in [2.24, 2.45) is 5.92 Å². The van der Waals surface area contributed by atoms with Crippen LogP contribution in [0.3, 0.4) is 0 Å². The van der Waals surface area contributed by atoms with E-state index in [1.807, 2.05) is 27.7 Å². The van der Waals surface area contributed by atoms with Crippen molar-refractivity contribution in [1.29, 1.82) is 0 Å². The molecule has 0 aromatic heterocycles. The van der Waals surface area contributed by atoms with E-state index in [0.29, 0.717) is 12.5 Å². The molecule has 0 saturated heterocycles. The van der Waals surface area contributed by atoms with E-state index in [9.17, 15) is 4.79 Å². The van der Waals surface area contributed by atoms with Crippen LogP contribution in [0.5, 0.6) is 0 Å². The summed E-state index contributed by atoms with van der Waals surface area (Å²) in [5, 5.41) is 3.35. The fourth-order valence-corrected chi connectivity index (χ4v) is 1.93. The highest BCUT2D eigenvalue weighted by molar-refractivity contribution is 5.67. The first kappa shape index (κ1) is 20.1. The molecule has 2 unspecified atom stereocenters. The smallest absolute Gasteiger partial charge is 0.410 e. The largest absolute Gasteiger partial charge is 0.444 e. The highest BCUT2D eigenvalue weighted by atomic mass is 16.7. The highest BCUT2D eigenvalue weighted by Crippen LogP contribution is 2.10. The van der Waals surface area contributed by atoms with E-state index in [4.69, 9.17) is 14.2 Å². The molecule has 21 heavy (non-hydrogen) atoms. The van der Waals surface area contributed by atoms with Crippen molar-refractivity contribution in [3.8, 4) is 0 Å². The van der Waals surface area contributed by atoms with Gasteiger partial charge in [0.15, 0.2) is 6.29 Å². The zero-order chi connectivity index (χ0) is 16.6. The molecule has 0 aromatic rings. The molecule has 1 N–H and O–H groups in total. The lowest BCUT2D eigenvalue weighted by atomic mass is 10.1. The maximum atomic E-state index is 11.9. The molecule has 0 radical (unpaired) electrons. The monoisotopic (exact) mass is 304 g/mol. The predicted octanol–water partition coefficient (Wildman–Crippen LogP) is 2.09. The van der Waals surface area contributed by atoms with Crippen molar-refractivity contribution in [2.45, 2.75) is 52.6 Å². The van der Waals surface area contributed by atoms with Gasteiger partial charge in [-0.3, -0.25) is 0 Å². The first-order valence-electron chi connectivity index (χ1n) is 7.33. The summed E-state index contributed by atoms with van der Waals surface area (Å²) in [4.78, 5) is 13.5. The summed E-state index contributed by atoms with van der Waals surface area (Å²) in [7, 11) is 4.99. The Kier molecular flexibility index (Phi) is 8.85. The van der Waals surface area contributed by atoms with E-state index >= 15 is 0 Å². The third kappa shape index (κ3) is 8.90. The van der Waals surface area contributed by atoms with Crippen molar-refractivity contribution >= 4 is 6.09 Å². The maximum Gasteiger partial charge on any atom is 0.410 e. The SMILES string of the molecule is COC(OC)C(C)NCC(C)CN(C)C(=O)OC(C)(C)C. The second-order valence-electron chi connectivity index (χ2n) is 6.50. The highest BCUT2D eigenvalue weighted by Gasteiger charge is 2.21. The van der Waals surface area contributed by atoms with Gasteiger partial charge in [0.1, 0.15) is 5.60 Å². The van der Waals surface area contributed by atoms with Gasteiger partial charge in [-0.1, -0.05) is 6.92 Å². The third-order valence-corrected chi connectivity index (χ3v) is 2.95. The summed E-state index contributed by atoms with van der Waals surface area (Å²) in [6.45, 7) is 11.1. The molecule has 0 aliphatic rings. The van der Waals surface area contributed by atoms with Gasteiger partial charge in [0.05, 0.1) is 6.04 Å². The Morgan fingerprint density at radius 1 is 1.19 bits per heavy atom. The number of ether oxygens (including phenoxy) is 3. The molecule has 2 atom stereocenters. The van der Waals surface area contributed by atoms with Crippen LogP contribution in [0.4, 0.5) is 4.79 Å². The van der Waals surface area contributed by atoms with Gasteiger partial charge >= 0.3 is 6.09 Å². The molecule has 6 heteroatoms. The first-order valence-corrected chi connectivity index (χ1v) is 7.33. The summed E-state index contributed by atoms with van der Waals surface area (Å²) in [6, 6.07) is 0.0780. The minimum Gasteiger partial charge on any atom is -0.444 e. The Labute approximate surface area is 129 Å². The van der Waals surface area contributed by atoms with Crippen LogP contribution in [-0.4, -0.2) is 63.3 Å². The fourth-order valence-electron chi connectivity index (χ4n) is 1.93. The lowest BCUT2D eigenvalue weighted by molar-refractivity contribution is -0.119. The summed E-state index contributed by atoms with van der Waals surface area (Å²) in [5.41, 5.74) is -0.467. The van der Waals surface area contributed by atoms with Crippen LogP contribution in [0.15, 0.2) is 0 Å². The number of amides is 1. The quantitative estimate of drug-likeness (QED) is 0.696. The number of methoxy groups -OCH3 is 2. The van der Waals surface area contributed by atoms with Crippen molar-refractivity contribution < 1.29 is 19.0 Å². The second kappa shape index (κ2) is 9.23. The molecular weight excluding hydrogens is 272 g/mol. The van der Waals surface area contributed by atoms with Gasteiger partial charge in [-0.15, -0.1) is 0 Å². The molecule has 0 spiro atoms. The topological polar surface area (TPSA) is 60.0 Å². The Balaban J connectivity index is 4.14. The number of nitrogens with zero attached hydrogens (tertiary/aromatic N) is 1. The molecular formula is C15H32N2O4. The summed E-state index contributed by atoms with van der Waals surface area (Å²) >= 11 is 0. The molecule has 0 aliphatic heterocycles. The van der Waals surface area contributed by atoms with Crippen LogP contribution in [0.1, 0.15) is 34.6 Å². The number of hydrogen-bond donors (Lipinski definition) is 1. The summed E-state index contributed by atoms with van der Waals surface area (Å²) in [5.74, 6) is 0.291. The van der Waals surface area contributed by atoms with E-state index in [0.717, 1.165) is 6.54 Å². The molecule has 126 valence electrons. The van der Waals surface area contributed by atoms with Gasteiger partial charge in [-0.2, -0.15) is 0 Å². The molecule has 6 nitrogen and oxygen atoms in total. The molecule has 0 saturated carbocycles. The van der Waals surface area contributed by atoms with E-state index in [1.54, 1.807) is 26.2 Å². The molecule has 0 aliphatic carbocycles. The zero-order valence-electron chi connectivity index (χ0n) is 14.7. The lowest BCUT2D eigenvalue weighted by Crippen LogP contribution is -2.44. The minimum atomic E-state index is -0.467. The van der Waals surface area contributed by atoms with Crippen molar-refractivity contribution in [3.05, 3.63) is 0 Å². The zero-order valence-corrected chi connectivity index (χ0v) is 14.7. The lowest BCUT2D eigenvalue weighted by Gasteiger charge is -2.28. The van der Waals surface area contributed by atoms with Gasteiger partial charge in [0.2, 0.25) is 0 Å². The Morgan fingerprint density at radius 2 is 1.71 bits per heavy atom. The van der Waals surface area contributed by atoms with E-state index in [-0.39, 0.29) is 18.4 Å². The van der Waals surface area contributed by atoms with Crippen molar-refractivity contribution in [3.63, 3.8) is 0 Å². The number of hydrogen-bond acceptors (Lipinski definition) is 5. The summed E-state index contributed by atoms with van der Waals surface area (Å²) in [6.07, 6.45) is -0.574. The van der Waals surface area contributed by atoms with Gasteiger partial charge in [-0.05, 0) is 40.2 Å². The van der Waals surface area contributed by atoms with Gasteiger partial charge in [-0.25, -0.2) is 4.79 Å². The van der Waals surface area contributed by atoms with Crippen LogP contribution in [0.2, 0.25) is 0 Å². The van der Waals surface area contributed by atoms with Crippen LogP contribution in [0, 0.1) is 5.92 Å². The normalized spacial score (nSPS) is 14.9. The van der Waals surface area contributed by atoms with Crippen LogP contribution >= 0.6 is 0 Å². The van der Waals surface area contributed by atoms with Crippen LogP contribution in [0.25, 0.3) is 0 Å². The molecule has 0 heterocycles. The van der Waals surface area contributed by atoms with Gasteiger partial charge in [0.25, 0.3) is 0 Å².